The Balaban J connectivity index is 1.57. The number of rotatable bonds is 2. The molecular formula is C15H25NO. The van der Waals surface area contributed by atoms with Gasteiger partial charge in [-0.2, -0.15) is 0 Å². The smallest absolute Gasteiger partial charge is 0.136 e. The first-order valence-corrected chi connectivity index (χ1v) is 7.50. The lowest BCUT2D eigenvalue weighted by atomic mass is 9.82. The Hall–Kier alpha value is -0.370. The third-order valence-corrected chi connectivity index (χ3v) is 5.30. The molecule has 0 aromatic heterocycles. The number of fused-ring (bicyclic) bond motifs is 2. The molecule has 0 spiro atoms. The summed E-state index contributed by atoms with van der Waals surface area (Å²) in [6, 6.07) is 1.22. The van der Waals surface area contributed by atoms with Crippen molar-refractivity contribution in [1.29, 1.82) is 0 Å². The van der Waals surface area contributed by atoms with Crippen molar-refractivity contribution < 1.29 is 4.79 Å². The van der Waals surface area contributed by atoms with Crippen LogP contribution in [0.1, 0.15) is 58.3 Å². The van der Waals surface area contributed by atoms with E-state index in [1.54, 1.807) is 0 Å². The van der Waals surface area contributed by atoms with Gasteiger partial charge in [0.1, 0.15) is 5.78 Å². The maximum atomic E-state index is 11.6. The van der Waals surface area contributed by atoms with E-state index < -0.39 is 0 Å². The highest BCUT2D eigenvalue weighted by molar-refractivity contribution is 5.80. The summed E-state index contributed by atoms with van der Waals surface area (Å²) in [6.07, 6.45) is 9.94. The van der Waals surface area contributed by atoms with Crippen LogP contribution in [-0.4, -0.2) is 29.3 Å². The van der Waals surface area contributed by atoms with Crippen LogP contribution in [0.15, 0.2) is 0 Å². The van der Waals surface area contributed by atoms with Crippen molar-refractivity contribution in [3.05, 3.63) is 0 Å². The molecule has 3 aliphatic rings. The zero-order valence-corrected chi connectivity index (χ0v) is 11.0. The van der Waals surface area contributed by atoms with Crippen molar-refractivity contribution in [3.63, 3.8) is 0 Å². The standard InChI is InChI=1S/C15H25NO/c1-11-2-4-12(5-3-11)10-16-13-6-7-14(16)9-15(17)8-13/h11-14H,2-10H2,1H3. The minimum absolute atomic E-state index is 0.519. The summed E-state index contributed by atoms with van der Waals surface area (Å²) in [4.78, 5) is 14.3. The largest absolute Gasteiger partial charge is 0.300 e. The zero-order chi connectivity index (χ0) is 11.8. The van der Waals surface area contributed by atoms with Crippen molar-refractivity contribution >= 4 is 5.78 Å². The van der Waals surface area contributed by atoms with Gasteiger partial charge in [0.05, 0.1) is 0 Å². The fraction of sp³-hybridized carbons (Fsp3) is 0.933. The van der Waals surface area contributed by atoms with Crippen molar-refractivity contribution in [3.8, 4) is 0 Å². The summed E-state index contributed by atoms with van der Waals surface area (Å²) in [7, 11) is 0. The topological polar surface area (TPSA) is 20.3 Å². The van der Waals surface area contributed by atoms with Crippen molar-refractivity contribution in [2.75, 3.05) is 6.54 Å². The quantitative estimate of drug-likeness (QED) is 0.733. The molecular weight excluding hydrogens is 210 g/mol. The van der Waals surface area contributed by atoms with Crippen molar-refractivity contribution in [1.82, 2.24) is 4.90 Å². The van der Waals surface area contributed by atoms with E-state index in [4.69, 9.17) is 0 Å². The van der Waals surface area contributed by atoms with Crippen LogP contribution < -0.4 is 0 Å². The first-order valence-electron chi connectivity index (χ1n) is 7.50. The molecule has 0 amide bonds. The molecule has 0 N–H and O–H groups in total. The second kappa shape index (κ2) is 4.72. The van der Waals surface area contributed by atoms with E-state index in [0.717, 1.165) is 24.7 Å². The summed E-state index contributed by atoms with van der Waals surface area (Å²) in [6.45, 7) is 3.68. The molecule has 2 aliphatic heterocycles. The minimum Gasteiger partial charge on any atom is -0.300 e. The molecule has 2 unspecified atom stereocenters. The number of nitrogens with zero attached hydrogens (tertiary/aromatic N) is 1. The third kappa shape index (κ3) is 2.42. The van der Waals surface area contributed by atoms with Gasteiger partial charge in [0.25, 0.3) is 0 Å². The summed E-state index contributed by atoms with van der Waals surface area (Å²) in [5, 5.41) is 0. The fourth-order valence-electron chi connectivity index (χ4n) is 4.17. The van der Waals surface area contributed by atoms with E-state index in [2.05, 4.69) is 11.8 Å². The molecule has 3 fully saturated rings. The predicted octanol–water partition coefficient (Wildman–Crippen LogP) is 3.01. The lowest BCUT2D eigenvalue weighted by Gasteiger charge is -2.38. The Morgan fingerprint density at radius 2 is 1.59 bits per heavy atom. The molecule has 2 atom stereocenters. The third-order valence-electron chi connectivity index (χ3n) is 5.30. The number of hydrogen-bond donors (Lipinski definition) is 0. The predicted molar refractivity (Wildman–Crippen MR) is 68.9 cm³/mol. The van der Waals surface area contributed by atoms with Gasteiger partial charge in [0.15, 0.2) is 0 Å². The summed E-state index contributed by atoms with van der Waals surface area (Å²) < 4.78 is 0. The van der Waals surface area contributed by atoms with E-state index in [0.29, 0.717) is 17.9 Å². The Kier molecular flexibility index (Phi) is 3.25. The van der Waals surface area contributed by atoms with E-state index in [9.17, 15) is 4.79 Å². The molecule has 2 nitrogen and oxygen atoms in total. The van der Waals surface area contributed by atoms with Crippen LogP contribution in [0.3, 0.4) is 0 Å². The Bertz CT molecular complexity index is 277. The second-order valence-corrected chi connectivity index (χ2v) is 6.65. The molecule has 0 aromatic rings. The van der Waals surface area contributed by atoms with E-state index >= 15 is 0 Å². The number of carbonyl (C=O) groups is 1. The molecule has 2 bridgehead atoms. The first kappa shape index (κ1) is 11.7. The van der Waals surface area contributed by atoms with E-state index in [-0.39, 0.29) is 0 Å². The number of hydrogen-bond acceptors (Lipinski definition) is 2. The van der Waals surface area contributed by atoms with Gasteiger partial charge in [-0.1, -0.05) is 19.8 Å². The average molecular weight is 235 g/mol. The van der Waals surface area contributed by atoms with Crippen LogP contribution in [0, 0.1) is 11.8 Å². The molecule has 1 aliphatic carbocycles. The van der Waals surface area contributed by atoms with Crippen LogP contribution in [0.25, 0.3) is 0 Å². The van der Waals surface area contributed by atoms with Crippen LogP contribution in [0.4, 0.5) is 0 Å². The highest BCUT2D eigenvalue weighted by atomic mass is 16.1. The number of piperidine rings is 1. The van der Waals surface area contributed by atoms with Gasteiger partial charge < -0.3 is 0 Å². The van der Waals surface area contributed by atoms with Gasteiger partial charge in [-0.05, 0) is 37.5 Å². The maximum Gasteiger partial charge on any atom is 0.136 e. The molecule has 17 heavy (non-hydrogen) atoms. The zero-order valence-electron chi connectivity index (χ0n) is 11.0. The van der Waals surface area contributed by atoms with Gasteiger partial charge in [-0.3, -0.25) is 9.69 Å². The van der Waals surface area contributed by atoms with Gasteiger partial charge in [0, 0.05) is 31.5 Å². The lowest BCUT2D eigenvalue weighted by Crippen LogP contribution is -2.45. The van der Waals surface area contributed by atoms with Crippen LogP contribution >= 0.6 is 0 Å². The van der Waals surface area contributed by atoms with Crippen molar-refractivity contribution in [2.24, 2.45) is 11.8 Å². The normalized spacial score (nSPS) is 43.0. The Morgan fingerprint density at radius 1 is 1.00 bits per heavy atom. The number of Topliss-reactive ketones (excluding diaryl/α,β-unsaturated/α-hetero) is 1. The summed E-state index contributed by atoms with van der Waals surface area (Å²) >= 11 is 0. The van der Waals surface area contributed by atoms with Crippen LogP contribution in [0.2, 0.25) is 0 Å². The first-order chi connectivity index (χ1) is 8.22. The summed E-state index contributed by atoms with van der Waals surface area (Å²) in [5.74, 6) is 2.39. The highest BCUT2D eigenvalue weighted by Gasteiger charge is 2.40. The van der Waals surface area contributed by atoms with Gasteiger partial charge in [-0.25, -0.2) is 0 Å². The summed E-state index contributed by atoms with van der Waals surface area (Å²) in [5.41, 5.74) is 0. The minimum atomic E-state index is 0.519. The lowest BCUT2D eigenvalue weighted by molar-refractivity contribution is -0.123. The van der Waals surface area contributed by atoms with Gasteiger partial charge in [0.2, 0.25) is 0 Å². The van der Waals surface area contributed by atoms with Crippen LogP contribution in [-0.2, 0) is 4.79 Å². The molecule has 0 radical (unpaired) electrons. The second-order valence-electron chi connectivity index (χ2n) is 6.65. The number of ketones is 1. The molecule has 1 saturated carbocycles. The van der Waals surface area contributed by atoms with Gasteiger partial charge >= 0.3 is 0 Å². The monoisotopic (exact) mass is 235 g/mol. The average Bonchev–Trinajstić information content (AvgIpc) is 2.56. The fourth-order valence-corrected chi connectivity index (χ4v) is 4.17. The van der Waals surface area contributed by atoms with Crippen LogP contribution in [0.5, 0.6) is 0 Å². The Morgan fingerprint density at radius 3 is 2.18 bits per heavy atom. The molecule has 96 valence electrons. The molecule has 2 heterocycles. The highest BCUT2D eigenvalue weighted by Crippen LogP contribution is 2.37. The Labute approximate surface area is 105 Å². The molecule has 3 rings (SSSR count). The number of carbonyl (C=O) groups excluding carboxylic acids is 1. The molecule has 2 heteroatoms. The van der Waals surface area contributed by atoms with E-state index in [1.165, 1.54) is 45.1 Å². The molecule has 2 saturated heterocycles. The van der Waals surface area contributed by atoms with E-state index in [1.807, 2.05) is 0 Å². The SMILES string of the molecule is CC1CCC(CN2C3CCC2CC(=O)C3)CC1. The van der Waals surface area contributed by atoms with Gasteiger partial charge in [-0.15, -0.1) is 0 Å². The molecule has 0 aromatic carbocycles. The maximum absolute atomic E-state index is 11.6. The van der Waals surface area contributed by atoms with Crippen molar-refractivity contribution in [2.45, 2.75) is 70.4 Å².